The van der Waals surface area contributed by atoms with Crippen LogP contribution in [-0.4, -0.2) is 50.8 Å². The Morgan fingerprint density at radius 3 is 2.10 bits per heavy atom. The number of carbonyl (C=O) groups excluding carboxylic acids is 3. The van der Waals surface area contributed by atoms with Crippen LogP contribution in [-0.2, 0) is 10.3 Å². The maximum Gasteiger partial charge on any atom is 0.262 e. The number of benzene rings is 2. The molecule has 0 spiro atoms. The van der Waals surface area contributed by atoms with Gasteiger partial charge in [-0.05, 0) is 51.3 Å². The lowest BCUT2D eigenvalue weighted by atomic mass is 9.89. The summed E-state index contributed by atoms with van der Waals surface area (Å²) in [5.74, 6) is -1.26. The molecule has 0 bridgehead atoms. The van der Waals surface area contributed by atoms with E-state index in [9.17, 15) is 19.5 Å². The Kier molecular flexibility index (Phi) is 4.77. The third-order valence-electron chi connectivity index (χ3n) is 6.40. The highest BCUT2D eigenvalue weighted by molar-refractivity contribution is 6.22. The molecule has 2 atom stereocenters. The van der Waals surface area contributed by atoms with Gasteiger partial charge in [0.05, 0.1) is 28.3 Å². The number of fused-ring (bicyclic) bond motifs is 1. The molecule has 156 valence electrons. The van der Waals surface area contributed by atoms with Gasteiger partial charge in [-0.3, -0.25) is 19.3 Å². The highest BCUT2D eigenvalue weighted by atomic mass is 16.3. The summed E-state index contributed by atoms with van der Waals surface area (Å²) < 4.78 is 0. The maximum atomic E-state index is 13.6. The number of hydrogen-bond donors (Lipinski definition) is 1. The van der Waals surface area contributed by atoms with Gasteiger partial charge in [0, 0.05) is 0 Å². The number of imide groups is 1. The predicted octanol–water partition coefficient (Wildman–Crippen LogP) is 2.96. The minimum absolute atomic E-state index is 0.321. The van der Waals surface area contributed by atoms with Crippen molar-refractivity contribution in [2.75, 3.05) is 6.54 Å². The molecule has 6 heteroatoms. The quantitative estimate of drug-likeness (QED) is 0.792. The van der Waals surface area contributed by atoms with Crippen LogP contribution in [0.15, 0.2) is 54.6 Å². The topological polar surface area (TPSA) is 77.9 Å². The van der Waals surface area contributed by atoms with Crippen molar-refractivity contribution in [3.05, 3.63) is 71.3 Å². The Labute approximate surface area is 176 Å². The SMILES string of the molecule is CC(C)(O)[C@H]1CC[C@@](C)(c2ccccc2)N1C(=O)CN1C(=O)c2ccccc2C1=O. The van der Waals surface area contributed by atoms with Crippen LogP contribution in [0.3, 0.4) is 0 Å². The standard InChI is InChI=1S/C24H26N2O4/c1-23(2,30)19-13-14-24(3,16-9-5-4-6-10-16)26(19)20(27)15-25-21(28)17-11-7-8-12-18(17)22(25)29/h4-12,19,30H,13-15H2,1-3H3/t19-,24+/m1/s1. The fraction of sp³-hybridized carbons (Fsp3) is 0.375. The van der Waals surface area contributed by atoms with E-state index in [1.165, 1.54) is 0 Å². The molecule has 1 N–H and O–H groups in total. The number of nitrogens with zero attached hydrogens (tertiary/aromatic N) is 2. The molecule has 2 aliphatic rings. The number of hydrogen-bond acceptors (Lipinski definition) is 4. The molecule has 6 nitrogen and oxygen atoms in total. The molecule has 0 radical (unpaired) electrons. The summed E-state index contributed by atoms with van der Waals surface area (Å²) in [5.41, 5.74) is -0.151. The fourth-order valence-electron chi connectivity index (χ4n) is 4.80. The molecule has 0 aromatic heterocycles. The van der Waals surface area contributed by atoms with Crippen LogP contribution >= 0.6 is 0 Å². The third-order valence-corrected chi connectivity index (χ3v) is 6.40. The monoisotopic (exact) mass is 406 g/mol. The van der Waals surface area contributed by atoms with E-state index in [0.717, 1.165) is 10.5 Å². The molecule has 1 fully saturated rings. The van der Waals surface area contributed by atoms with E-state index in [1.807, 2.05) is 37.3 Å². The van der Waals surface area contributed by atoms with Crippen molar-refractivity contribution in [3.8, 4) is 0 Å². The van der Waals surface area contributed by atoms with Crippen molar-refractivity contribution >= 4 is 17.7 Å². The number of rotatable bonds is 4. The highest BCUT2D eigenvalue weighted by Gasteiger charge is 2.52. The molecular weight excluding hydrogens is 380 g/mol. The molecule has 0 unspecified atom stereocenters. The van der Waals surface area contributed by atoms with Gasteiger partial charge >= 0.3 is 0 Å². The molecular formula is C24H26N2O4. The first-order chi connectivity index (χ1) is 14.1. The number of amides is 3. The van der Waals surface area contributed by atoms with Crippen molar-refractivity contribution in [2.24, 2.45) is 0 Å². The van der Waals surface area contributed by atoms with E-state index < -0.39 is 29.0 Å². The Morgan fingerprint density at radius 1 is 1.03 bits per heavy atom. The Bertz CT molecular complexity index is 976. The summed E-state index contributed by atoms with van der Waals surface area (Å²) in [6.07, 6.45) is 1.31. The Morgan fingerprint density at radius 2 is 1.57 bits per heavy atom. The van der Waals surface area contributed by atoms with E-state index in [0.29, 0.717) is 24.0 Å². The third kappa shape index (κ3) is 3.12. The van der Waals surface area contributed by atoms with Gasteiger partial charge in [0.1, 0.15) is 6.54 Å². The van der Waals surface area contributed by atoms with Gasteiger partial charge in [0.15, 0.2) is 0 Å². The zero-order chi connectivity index (χ0) is 21.7. The lowest BCUT2D eigenvalue weighted by Gasteiger charge is -2.43. The van der Waals surface area contributed by atoms with Gasteiger partial charge in [-0.25, -0.2) is 0 Å². The lowest BCUT2D eigenvalue weighted by molar-refractivity contribution is -0.144. The zero-order valence-electron chi connectivity index (χ0n) is 17.5. The van der Waals surface area contributed by atoms with Crippen molar-refractivity contribution < 1.29 is 19.5 Å². The second kappa shape index (κ2) is 7.06. The smallest absolute Gasteiger partial charge is 0.262 e. The minimum Gasteiger partial charge on any atom is -0.388 e. The average Bonchev–Trinajstić information content (AvgIpc) is 3.20. The number of likely N-dealkylation sites (tertiary alicyclic amines) is 1. The van der Waals surface area contributed by atoms with E-state index in [2.05, 4.69) is 0 Å². The predicted molar refractivity (Wildman–Crippen MR) is 112 cm³/mol. The molecule has 30 heavy (non-hydrogen) atoms. The summed E-state index contributed by atoms with van der Waals surface area (Å²) in [7, 11) is 0. The van der Waals surface area contributed by atoms with Crippen molar-refractivity contribution in [2.45, 2.75) is 50.8 Å². The van der Waals surface area contributed by atoms with Gasteiger partial charge in [0.25, 0.3) is 11.8 Å². The zero-order valence-corrected chi connectivity index (χ0v) is 17.5. The molecule has 2 heterocycles. The van der Waals surface area contributed by atoms with Crippen LogP contribution in [0.2, 0.25) is 0 Å². The first-order valence-corrected chi connectivity index (χ1v) is 10.2. The first kappa shape index (κ1) is 20.3. The molecule has 3 amide bonds. The number of aliphatic hydroxyl groups is 1. The van der Waals surface area contributed by atoms with Crippen LogP contribution in [0.25, 0.3) is 0 Å². The summed E-state index contributed by atoms with van der Waals surface area (Å²) in [6.45, 7) is 5.02. The molecule has 4 rings (SSSR count). The fourth-order valence-corrected chi connectivity index (χ4v) is 4.80. The first-order valence-electron chi connectivity index (χ1n) is 10.2. The largest absolute Gasteiger partial charge is 0.388 e. The molecule has 2 aliphatic heterocycles. The van der Waals surface area contributed by atoms with Gasteiger partial charge in [-0.2, -0.15) is 0 Å². The molecule has 0 saturated carbocycles. The van der Waals surface area contributed by atoms with E-state index >= 15 is 0 Å². The van der Waals surface area contributed by atoms with E-state index in [4.69, 9.17) is 0 Å². The molecule has 0 aliphatic carbocycles. The van der Waals surface area contributed by atoms with Crippen LogP contribution in [0.5, 0.6) is 0 Å². The summed E-state index contributed by atoms with van der Waals surface area (Å²) in [6, 6.07) is 15.9. The van der Waals surface area contributed by atoms with E-state index in [-0.39, 0.29) is 12.5 Å². The maximum absolute atomic E-state index is 13.6. The summed E-state index contributed by atoms with van der Waals surface area (Å²) in [4.78, 5) is 41.8. The van der Waals surface area contributed by atoms with Gasteiger partial charge < -0.3 is 10.0 Å². The summed E-state index contributed by atoms with van der Waals surface area (Å²) in [5, 5.41) is 10.8. The normalized spacial score (nSPS) is 23.8. The van der Waals surface area contributed by atoms with Crippen LogP contribution in [0.4, 0.5) is 0 Å². The van der Waals surface area contributed by atoms with Gasteiger partial charge in [-0.15, -0.1) is 0 Å². The lowest BCUT2D eigenvalue weighted by Crippen LogP contribution is -2.56. The molecule has 2 aromatic carbocycles. The molecule has 1 saturated heterocycles. The number of carbonyl (C=O) groups is 3. The van der Waals surface area contributed by atoms with Crippen LogP contribution < -0.4 is 0 Å². The molecule has 2 aromatic rings. The van der Waals surface area contributed by atoms with E-state index in [1.54, 1.807) is 43.0 Å². The summed E-state index contributed by atoms with van der Waals surface area (Å²) >= 11 is 0. The van der Waals surface area contributed by atoms with Crippen LogP contribution in [0.1, 0.15) is 59.9 Å². The second-order valence-corrected chi connectivity index (χ2v) is 8.85. The highest BCUT2D eigenvalue weighted by Crippen LogP contribution is 2.45. The van der Waals surface area contributed by atoms with Crippen molar-refractivity contribution in [1.29, 1.82) is 0 Å². The Balaban J connectivity index is 1.68. The average molecular weight is 406 g/mol. The second-order valence-electron chi connectivity index (χ2n) is 8.85. The van der Waals surface area contributed by atoms with Crippen LogP contribution in [0, 0.1) is 0 Å². The van der Waals surface area contributed by atoms with Crippen molar-refractivity contribution in [1.82, 2.24) is 9.80 Å². The minimum atomic E-state index is -1.12. The van der Waals surface area contributed by atoms with Gasteiger partial charge in [-0.1, -0.05) is 42.5 Å². The van der Waals surface area contributed by atoms with Gasteiger partial charge in [0.2, 0.25) is 5.91 Å². The Hall–Kier alpha value is -2.99. The van der Waals surface area contributed by atoms with Crippen molar-refractivity contribution in [3.63, 3.8) is 0 Å².